The lowest BCUT2D eigenvalue weighted by Crippen LogP contribution is -2.67. The van der Waals surface area contributed by atoms with Gasteiger partial charge in [-0.2, -0.15) is 0 Å². The highest BCUT2D eigenvalue weighted by atomic mass is 35.5. The topological polar surface area (TPSA) is 29.5 Å². The Bertz CT molecular complexity index is 1620. The van der Waals surface area contributed by atoms with Gasteiger partial charge in [-0.3, -0.25) is 4.79 Å². The molecule has 1 aliphatic rings. The normalized spacial score (nSPS) is 21.0. The molecule has 0 aliphatic carbocycles. The van der Waals surface area contributed by atoms with Gasteiger partial charge in [0.2, 0.25) is 5.91 Å². The van der Waals surface area contributed by atoms with Crippen LogP contribution >= 0.6 is 23.2 Å². The fourth-order valence-corrected chi connectivity index (χ4v) is 12.6. The second-order valence-electron chi connectivity index (χ2n) is 14.2. The quantitative estimate of drug-likeness (QED) is 0.116. The summed E-state index contributed by atoms with van der Waals surface area (Å²) in [7, 11) is -2.85. The Kier molecular flexibility index (Phi) is 10.9. The fourth-order valence-electron chi connectivity index (χ4n) is 7.67. The van der Waals surface area contributed by atoms with Crippen LogP contribution in [0.2, 0.25) is 15.1 Å². The van der Waals surface area contributed by atoms with Crippen molar-refractivity contribution in [3.63, 3.8) is 0 Å². The van der Waals surface area contributed by atoms with Crippen molar-refractivity contribution in [2.75, 3.05) is 6.61 Å². The minimum atomic E-state index is -2.85. The molecule has 47 heavy (non-hydrogen) atoms. The summed E-state index contributed by atoms with van der Waals surface area (Å²) in [5, 5.41) is 3.62. The van der Waals surface area contributed by atoms with Crippen molar-refractivity contribution in [3.05, 3.63) is 143 Å². The van der Waals surface area contributed by atoms with Gasteiger partial charge in [0.15, 0.2) is 0 Å². The molecule has 1 aliphatic heterocycles. The molecule has 0 N–H and O–H groups in total. The van der Waals surface area contributed by atoms with Gasteiger partial charge in [-0.25, -0.2) is 0 Å². The first-order chi connectivity index (χ1) is 22.4. The van der Waals surface area contributed by atoms with E-state index in [4.69, 9.17) is 27.6 Å². The van der Waals surface area contributed by atoms with Gasteiger partial charge in [-0.05, 0) is 70.1 Å². The van der Waals surface area contributed by atoms with Crippen molar-refractivity contribution >= 4 is 47.8 Å². The van der Waals surface area contributed by atoms with E-state index >= 15 is 0 Å². The predicted molar refractivity (Wildman–Crippen MR) is 200 cm³/mol. The summed E-state index contributed by atoms with van der Waals surface area (Å²) in [4.78, 5) is 17.1. The predicted octanol–water partition coefficient (Wildman–Crippen LogP) is 9.99. The molecule has 1 heterocycles. The third kappa shape index (κ3) is 7.03. The summed E-state index contributed by atoms with van der Waals surface area (Å²) >= 11 is 13.0. The number of allylic oxidation sites excluding steroid dienone is 1. The number of piperidine rings is 1. The number of amides is 1. The first-order valence-electron chi connectivity index (χ1n) is 16.6. The zero-order valence-electron chi connectivity index (χ0n) is 28.3. The minimum absolute atomic E-state index is 0.000518. The lowest BCUT2D eigenvalue weighted by molar-refractivity contribution is -0.155. The van der Waals surface area contributed by atoms with Gasteiger partial charge in [-0.1, -0.05) is 149 Å². The summed E-state index contributed by atoms with van der Waals surface area (Å²) in [6.07, 6.45) is 3.88. The van der Waals surface area contributed by atoms with Crippen molar-refractivity contribution in [2.24, 2.45) is 5.41 Å². The Morgan fingerprint density at radius 3 is 2.00 bits per heavy atom. The molecule has 1 amide bonds. The Labute approximate surface area is 292 Å². The van der Waals surface area contributed by atoms with E-state index in [0.29, 0.717) is 29.5 Å². The van der Waals surface area contributed by atoms with Crippen LogP contribution in [0.3, 0.4) is 0 Å². The van der Waals surface area contributed by atoms with E-state index in [0.717, 1.165) is 17.5 Å². The summed E-state index contributed by atoms with van der Waals surface area (Å²) in [5.74, 6) is 0.132. The molecule has 6 heteroatoms. The van der Waals surface area contributed by atoms with Crippen LogP contribution in [0.15, 0.2) is 122 Å². The molecule has 1 fully saturated rings. The zero-order valence-corrected chi connectivity index (χ0v) is 30.8. The van der Waals surface area contributed by atoms with Crippen LogP contribution in [0.4, 0.5) is 0 Å². The summed E-state index contributed by atoms with van der Waals surface area (Å²) in [5.41, 5.74) is 1.54. The first-order valence-corrected chi connectivity index (χ1v) is 19.3. The Balaban J connectivity index is 1.67. The fraction of sp³-hybridized carbons (Fsp3) is 0.341. The number of carbonyl (C=O) groups excluding carboxylic acids is 1. The molecule has 0 spiro atoms. The maximum Gasteiger partial charge on any atom is 0.261 e. The van der Waals surface area contributed by atoms with Gasteiger partial charge >= 0.3 is 0 Å². The van der Waals surface area contributed by atoms with E-state index < -0.39 is 13.7 Å². The number of benzene rings is 4. The first kappa shape index (κ1) is 35.2. The largest absolute Gasteiger partial charge is 0.405 e. The van der Waals surface area contributed by atoms with Crippen LogP contribution in [0.25, 0.3) is 0 Å². The van der Waals surface area contributed by atoms with Gasteiger partial charge in [0.05, 0.1) is 24.1 Å². The van der Waals surface area contributed by atoms with Crippen LogP contribution in [0, 0.1) is 5.41 Å². The molecule has 0 aromatic heterocycles. The van der Waals surface area contributed by atoms with Crippen molar-refractivity contribution in [2.45, 2.75) is 76.9 Å². The SMILES string of the molecule is C=CC[C@@]1(C)C[C@H](c2cccc(Cl)c2)[C@@H](c2ccc(Cl)cc2)N([C@@H](CC)CO[Si](c2ccccc2)(c2ccccc2)C(C)(C)C)C1=O. The molecule has 246 valence electrons. The average Bonchev–Trinajstić information content (AvgIpc) is 3.05. The Hall–Kier alpha value is -3.15. The standard InChI is InChI=1S/C41H47Cl2NO2Si/c1-7-26-41(6)28-37(31-16-15-17-33(43)27-31)38(30-22-24-32(42)25-23-30)44(39(41)45)34(8-2)29-46-47(40(3,4)5,35-18-11-9-12-19-35)36-20-13-10-14-21-36/h7,9-25,27,34,37-38H,1,8,26,28-29H2,2-6H3/t34-,37+,38+,41-/m0/s1. The van der Waals surface area contributed by atoms with E-state index in [1.54, 1.807) is 0 Å². The molecule has 0 unspecified atom stereocenters. The highest BCUT2D eigenvalue weighted by Gasteiger charge is 2.53. The van der Waals surface area contributed by atoms with Crippen LogP contribution in [-0.2, 0) is 9.22 Å². The second kappa shape index (κ2) is 14.5. The zero-order chi connectivity index (χ0) is 33.8. The molecule has 3 nitrogen and oxygen atoms in total. The van der Waals surface area contributed by atoms with Crippen molar-refractivity contribution in [3.8, 4) is 0 Å². The molecular formula is C41H47Cl2NO2Si. The third-order valence-electron chi connectivity index (χ3n) is 9.96. The smallest absolute Gasteiger partial charge is 0.261 e. The number of nitrogens with zero attached hydrogens (tertiary/aromatic N) is 1. The lowest BCUT2D eigenvalue weighted by Gasteiger charge is -2.53. The number of hydrogen-bond donors (Lipinski definition) is 0. The van der Waals surface area contributed by atoms with E-state index in [9.17, 15) is 4.79 Å². The summed E-state index contributed by atoms with van der Waals surface area (Å²) in [6.45, 7) is 15.6. The van der Waals surface area contributed by atoms with Crippen LogP contribution < -0.4 is 10.4 Å². The van der Waals surface area contributed by atoms with Gasteiger partial charge in [0.25, 0.3) is 8.32 Å². The average molecular weight is 685 g/mol. The van der Waals surface area contributed by atoms with E-state index in [2.05, 4.69) is 131 Å². The van der Waals surface area contributed by atoms with Crippen molar-refractivity contribution in [1.82, 2.24) is 4.90 Å². The molecule has 4 aromatic rings. The maximum absolute atomic E-state index is 15.0. The van der Waals surface area contributed by atoms with Gasteiger partial charge < -0.3 is 9.33 Å². The van der Waals surface area contributed by atoms with E-state index in [1.807, 2.05) is 30.3 Å². The van der Waals surface area contributed by atoms with Gasteiger partial charge in [-0.15, -0.1) is 6.58 Å². The number of carbonyl (C=O) groups is 1. The molecule has 5 rings (SSSR count). The van der Waals surface area contributed by atoms with Gasteiger partial charge in [0.1, 0.15) is 0 Å². The van der Waals surface area contributed by atoms with Gasteiger partial charge in [0, 0.05) is 16.0 Å². The lowest BCUT2D eigenvalue weighted by atomic mass is 9.67. The number of halogens is 2. The number of hydrogen-bond acceptors (Lipinski definition) is 2. The third-order valence-corrected chi connectivity index (χ3v) is 15.5. The molecule has 0 bridgehead atoms. The Morgan fingerprint density at radius 2 is 1.49 bits per heavy atom. The second-order valence-corrected chi connectivity index (χ2v) is 19.3. The highest BCUT2D eigenvalue weighted by molar-refractivity contribution is 6.99. The molecule has 0 saturated carbocycles. The minimum Gasteiger partial charge on any atom is -0.405 e. The van der Waals surface area contributed by atoms with E-state index in [1.165, 1.54) is 10.4 Å². The van der Waals surface area contributed by atoms with Crippen LogP contribution in [0.5, 0.6) is 0 Å². The summed E-state index contributed by atoms with van der Waals surface area (Å²) < 4.78 is 7.50. The van der Waals surface area contributed by atoms with Crippen molar-refractivity contribution in [1.29, 1.82) is 0 Å². The molecule has 4 aromatic carbocycles. The van der Waals surface area contributed by atoms with Crippen molar-refractivity contribution < 1.29 is 9.22 Å². The molecule has 0 radical (unpaired) electrons. The molecule has 4 atom stereocenters. The Morgan fingerprint density at radius 1 is 0.894 bits per heavy atom. The van der Waals surface area contributed by atoms with Crippen LogP contribution in [0.1, 0.15) is 77.0 Å². The monoisotopic (exact) mass is 683 g/mol. The summed E-state index contributed by atoms with van der Waals surface area (Å²) in [6, 6.07) is 37.1. The molecular weight excluding hydrogens is 637 g/mol. The van der Waals surface area contributed by atoms with E-state index in [-0.39, 0.29) is 28.9 Å². The number of likely N-dealkylation sites (tertiary alicyclic amines) is 1. The highest BCUT2D eigenvalue weighted by Crippen LogP contribution is 2.52. The molecule has 1 saturated heterocycles. The maximum atomic E-state index is 15.0. The number of rotatable bonds is 11. The van der Waals surface area contributed by atoms with Crippen LogP contribution in [-0.4, -0.2) is 31.8 Å².